The first-order valence-corrected chi connectivity index (χ1v) is 7.53. The van der Waals surface area contributed by atoms with Gasteiger partial charge in [0.1, 0.15) is 5.54 Å². The molecule has 3 nitrogen and oxygen atoms in total. The SMILES string of the molecule is CCC(C)NC1(C(=O)O)CCC2(CCCC2)CC1. The Morgan fingerprint density at radius 3 is 2.17 bits per heavy atom. The lowest BCUT2D eigenvalue weighted by molar-refractivity contribution is -0.148. The Morgan fingerprint density at radius 1 is 1.17 bits per heavy atom. The van der Waals surface area contributed by atoms with E-state index in [9.17, 15) is 9.90 Å². The van der Waals surface area contributed by atoms with Gasteiger partial charge in [0.2, 0.25) is 0 Å². The molecule has 0 amide bonds. The number of rotatable bonds is 4. The van der Waals surface area contributed by atoms with Gasteiger partial charge in [0, 0.05) is 6.04 Å². The highest BCUT2D eigenvalue weighted by molar-refractivity contribution is 5.79. The van der Waals surface area contributed by atoms with Crippen molar-refractivity contribution in [1.29, 1.82) is 0 Å². The Hall–Kier alpha value is -0.570. The maximum Gasteiger partial charge on any atom is 0.323 e. The van der Waals surface area contributed by atoms with Crippen molar-refractivity contribution >= 4 is 5.97 Å². The van der Waals surface area contributed by atoms with Gasteiger partial charge in [0.15, 0.2) is 0 Å². The van der Waals surface area contributed by atoms with E-state index in [4.69, 9.17) is 0 Å². The summed E-state index contributed by atoms with van der Waals surface area (Å²) < 4.78 is 0. The molecule has 0 aromatic heterocycles. The topological polar surface area (TPSA) is 49.3 Å². The van der Waals surface area contributed by atoms with Crippen LogP contribution >= 0.6 is 0 Å². The third-order valence-electron chi connectivity index (χ3n) is 5.37. The molecule has 1 atom stereocenters. The maximum atomic E-state index is 11.7. The first-order valence-electron chi connectivity index (χ1n) is 7.53. The number of aliphatic carboxylic acids is 1. The number of carboxylic acid groups (broad SMARTS) is 1. The molecule has 104 valence electrons. The van der Waals surface area contributed by atoms with Crippen LogP contribution in [0.1, 0.15) is 71.6 Å². The van der Waals surface area contributed by atoms with Crippen molar-refractivity contribution in [1.82, 2.24) is 5.32 Å². The average Bonchev–Trinajstić information content (AvgIpc) is 2.81. The van der Waals surface area contributed by atoms with E-state index in [0.29, 0.717) is 11.5 Å². The molecule has 18 heavy (non-hydrogen) atoms. The quantitative estimate of drug-likeness (QED) is 0.808. The van der Waals surface area contributed by atoms with Crippen LogP contribution in [0.25, 0.3) is 0 Å². The molecule has 1 spiro atoms. The zero-order chi connectivity index (χ0) is 13.2. The van der Waals surface area contributed by atoms with Crippen molar-refractivity contribution in [2.45, 2.75) is 83.2 Å². The van der Waals surface area contributed by atoms with Crippen LogP contribution in [0.4, 0.5) is 0 Å². The summed E-state index contributed by atoms with van der Waals surface area (Å²) >= 11 is 0. The van der Waals surface area contributed by atoms with Crippen LogP contribution in [-0.4, -0.2) is 22.7 Å². The maximum absolute atomic E-state index is 11.7. The summed E-state index contributed by atoms with van der Waals surface area (Å²) in [7, 11) is 0. The molecule has 0 aliphatic heterocycles. The highest BCUT2D eigenvalue weighted by atomic mass is 16.4. The number of carboxylic acids is 1. The minimum absolute atomic E-state index is 0.290. The molecule has 2 saturated carbocycles. The van der Waals surface area contributed by atoms with Gasteiger partial charge in [0.05, 0.1) is 0 Å². The highest BCUT2D eigenvalue weighted by Crippen LogP contribution is 2.51. The van der Waals surface area contributed by atoms with E-state index in [0.717, 1.165) is 32.1 Å². The van der Waals surface area contributed by atoms with Gasteiger partial charge in [-0.05, 0) is 57.3 Å². The fourth-order valence-electron chi connectivity index (χ4n) is 3.83. The van der Waals surface area contributed by atoms with Crippen LogP contribution in [0.2, 0.25) is 0 Å². The number of hydrogen-bond donors (Lipinski definition) is 2. The summed E-state index contributed by atoms with van der Waals surface area (Å²) in [5.41, 5.74) is -0.153. The van der Waals surface area contributed by atoms with Gasteiger partial charge in [-0.25, -0.2) is 0 Å². The zero-order valence-electron chi connectivity index (χ0n) is 11.8. The largest absolute Gasteiger partial charge is 0.480 e. The number of hydrogen-bond acceptors (Lipinski definition) is 2. The van der Waals surface area contributed by atoms with Gasteiger partial charge >= 0.3 is 5.97 Å². The van der Waals surface area contributed by atoms with E-state index < -0.39 is 11.5 Å². The number of carbonyl (C=O) groups is 1. The molecule has 2 aliphatic rings. The van der Waals surface area contributed by atoms with E-state index >= 15 is 0 Å². The van der Waals surface area contributed by atoms with Crippen LogP contribution in [0.3, 0.4) is 0 Å². The van der Waals surface area contributed by atoms with Gasteiger partial charge in [0.25, 0.3) is 0 Å². The summed E-state index contributed by atoms with van der Waals surface area (Å²) in [5.74, 6) is -0.643. The second-order valence-electron chi connectivity index (χ2n) is 6.55. The lowest BCUT2D eigenvalue weighted by Gasteiger charge is -2.44. The van der Waals surface area contributed by atoms with Gasteiger partial charge in [-0.2, -0.15) is 0 Å². The standard InChI is InChI=1S/C15H27NO2/c1-3-12(2)16-15(13(17)18)10-8-14(9-11-15)6-4-5-7-14/h12,16H,3-11H2,1-2H3,(H,17,18). The molecule has 0 bridgehead atoms. The van der Waals surface area contributed by atoms with Gasteiger partial charge in [-0.1, -0.05) is 19.8 Å². The monoisotopic (exact) mass is 253 g/mol. The highest BCUT2D eigenvalue weighted by Gasteiger charge is 2.48. The Morgan fingerprint density at radius 2 is 1.72 bits per heavy atom. The van der Waals surface area contributed by atoms with E-state index in [-0.39, 0.29) is 0 Å². The van der Waals surface area contributed by atoms with Gasteiger partial charge in [-0.3, -0.25) is 10.1 Å². The molecular formula is C15H27NO2. The van der Waals surface area contributed by atoms with Crippen molar-refractivity contribution in [2.75, 3.05) is 0 Å². The lowest BCUT2D eigenvalue weighted by atomic mass is 9.66. The Bertz CT molecular complexity index is 298. The first-order chi connectivity index (χ1) is 8.52. The lowest BCUT2D eigenvalue weighted by Crippen LogP contribution is -2.58. The van der Waals surface area contributed by atoms with Gasteiger partial charge in [-0.15, -0.1) is 0 Å². The summed E-state index contributed by atoms with van der Waals surface area (Å²) in [5, 5.41) is 13.0. The predicted octanol–water partition coefficient (Wildman–Crippen LogP) is 3.33. The molecule has 0 radical (unpaired) electrons. The third-order valence-corrected chi connectivity index (χ3v) is 5.37. The molecule has 0 aromatic carbocycles. The van der Waals surface area contributed by atoms with Crippen LogP contribution in [0.15, 0.2) is 0 Å². The molecule has 2 fully saturated rings. The van der Waals surface area contributed by atoms with E-state index in [1.165, 1.54) is 25.7 Å². The molecule has 0 aromatic rings. The Labute approximate surface area is 110 Å². The molecule has 0 heterocycles. The third kappa shape index (κ3) is 2.56. The van der Waals surface area contributed by atoms with E-state index in [1.807, 2.05) is 0 Å². The zero-order valence-corrected chi connectivity index (χ0v) is 11.8. The van der Waals surface area contributed by atoms with E-state index in [1.54, 1.807) is 0 Å². The summed E-state index contributed by atoms with van der Waals surface area (Å²) in [4.78, 5) is 11.7. The fraction of sp³-hybridized carbons (Fsp3) is 0.933. The van der Waals surface area contributed by atoms with Crippen molar-refractivity contribution in [3.63, 3.8) is 0 Å². The minimum atomic E-state index is -0.650. The van der Waals surface area contributed by atoms with Crippen LogP contribution < -0.4 is 5.32 Å². The predicted molar refractivity (Wildman–Crippen MR) is 72.6 cm³/mol. The van der Waals surface area contributed by atoms with Crippen molar-refractivity contribution < 1.29 is 9.90 Å². The molecule has 2 N–H and O–H groups in total. The molecule has 2 aliphatic carbocycles. The van der Waals surface area contributed by atoms with Crippen molar-refractivity contribution in [3.05, 3.63) is 0 Å². The van der Waals surface area contributed by atoms with Crippen molar-refractivity contribution in [3.8, 4) is 0 Å². The second-order valence-corrected chi connectivity index (χ2v) is 6.55. The fourth-order valence-corrected chi connectivity index (χ4v) is 3.83. The Kier molecular flexibility index (Phi) is 4.00. The van der Waals surface area contributed by atoms with E-state index in [2.05, 4.69) is 19.2 Å². The normalized spacial score (nSPS) is 27.2. The summed E-state index contributed by atoms with van der Waals surface area (Å²) in [6, 6.07) is 0.290. The number of nitrogens with one attached hydrogen (secondary N) is 1. The van der Waals surface area contributed by atoms with Crippen LogP contribution in [0.5, 0.6) is 0 Å². The molecule has 1 unspecified atom stereocenters. The molecule has 2 rings (SSSR count). The van der Waals surface area contributed by atoms with Crippen LogP contribution in [0, 0.1) is 5.41 Å². The Balaban J connectivity index is 2.03. The second kappa shape index (κ2) is 5.20. The molecular weight excluding hydrogens is 226 g/mol. The molecule has 0 saturated heterocycles. The van der Waals surface area contributed by atoms with Crippen molar-refractivity contribution in [2.24, 2.45) is 5.41 Å². The van der Waals surface area contributed by atoms with Crippen LogP contribution in [-0.2, 0) is 4.79 Å². The average molecular weight is 253 g/mol. The molecule has 3 heteroatoms. The minimum Gasteiger partial charge on any atom is -0.480 e. The summed E-state index contributed by atoms with van der Waals surface area (Å²) in [6.07, 6.45) is 10.2. The van der Waals surface area contributed by atoms with Gasteiger partial charge < -0.3 is 5.11 Å². The summed E-state index contributed by atoms with van der Waals surface area (Å²) in [6.45, 7) is 4.19. The smallest absolute Gasteiger partial charge is 0.323 e. The first kappa shape index (κ1) is 13.9.